The summed E-state index contributed by atoms with van der Waals surface area (Å²) in [6, 6.07) is 0. The maximum Gasteiger partial charge on any atom is 0.0203 e. The fourth-order valence-electron chi connectivity index (χ4n) is 0. The number of hydrogen-bond acceptors (Lipinski definition) is 1. The van der Waals surface area contributed by atoms with E-state index in [9.17, 15) is 4.21 Å². The van der Waals surface area contributed by atoms with E-state index in [2.05, 4.69) is 0 Å². The van der Waals surface area contributed by atoms with Crippen LogP contribution in [0.5, 0.6) is 0 Å². The van der Waals surface area contributed by atoms with Gasteiger partial charge in [0.05, 0.1) is 0 Å². The van der Waals surface area contributed by atoms with E-state index in [1.165, 1.54) is 0 Å². The highest BCUT2D eigenvalue weighted by Crippen LogP contribution is 1.64. The molecule has 32 valence electrons. The Kier molecular flexibility index (Phi) is 2.46. The molecule has 0 aliphatic rings. The second-order valence-corrected chi connectivity index (χ2v) is 2.59. The van der Waals surface area contributed by atoms with Gasteiger partial charge in [-0.25, -0.2) is 0 Å². The van der Waals surface area contributed by atoms with Gasteiger partial charge in [-0.05, 0) is 0 Å². The van der Waals surface area contributed by atoms with E-state index < -0.39 is 10.8 Å². The van der Waals surface area contributed by atoms with Crippen LogP contribution < -0.4 is 0 Å². The second-order valence-electron chi connectivity index (χ2n) is 0.862. The zero-order valence-electron chi connectivity index (χ0n) is 3.52. The van der Waals surface area contributed by atoms with Gasteiger partial charge in [-0.3, -0.25) is 4.21 Å². The molecule has 0 bridgehead atoms. The molecule has 1 unspecified atom stereocenters. The lowest BCUT2D eigenvalue weighted by atomic mass is 11.0. The Morgan fingerprint density at radius 2 is 2.00 bits per heavy atom. The minimum absolute atomic E-state index is 0.573. The minimum atomic E-state index is -0.573. The van der Waals surface area contributed by atoms with E-state index in [0.717, 1.165) is 5.75 Å². The first-order chi connectivity index (χ1) is 2.27. The molecule has 0 heterocycles. The maximum atomic E-state index is 9.92. The predicted octanol–water partition coefficient (Wildman–Crippen LogP) is 0.385. The summed E-state index contributed by atoms with van der Waals surface area (Å²) in [6.45, 7) is 1.90. The molecular formula is C3H8OS. The van der Waals surface area contributed by atoms with Gasteiger partial charge in [0, 0.05) is 22.8 Å². The third-order valence-corrected chi connectivity index (χ3v) is 1.22. The van der Waals surface area contributed by atoms with Crippen LogP contribution in [0.4, 0.5) is 0 Å². The second kappa shape index (κ2) is 2.39. The summed E-state index contributed by atoms with van der Waals surface area (Å²) in [7, 11) is -0.573. The average molecular weight is 92.2 g/mol. The highest BCUT2D eigenvalue weighted by molar-refractivity contribution is 7.84. The Balaban J connectivity index is 2.85. The quantitative estimate of drug-likeness (QED) is 0.457. The molecule has 2 heteroatoms. The van der Waals surface area contributed by atoms with Crippen LogP contribution in [0.15, 0.2) is 0 Å². The van der Waals surface area contributed by atoms with Crippen molar-refractivity contribution in [2.24, 2.45) is 0 Å². The molecule has 0 aliphatic carbocycles. The smallest absolute Gasteiger partial charge is 0.0203 e. The van der Waals surface area contributed by atoms with Crippen LogP contribution >= 0.6 is 0 Å². The molecule has 1 nitrogen and oxygen atoms in total. The molecule has 0 saturated heterocycles. The van der Waals surface area contributed by atoms with Gasteiger partial charge in [0.1, 0.15) is 0 Å². The van der Waals surface area contributed by atoms with Gasteiger partial charge in [0.25, 0.3) is 0 Å². The summed E-state index contributed by atoms with van der Waals surface area (Å²) in [6.07, 6.45) is 1.69. The van der Waals surface area contributed by atoms with Gasteiger partial charge in [0.2, 0.25) is 0 Å². The first-order valence-corrected chi connectivity index (χ1v) is 3.30. The number of rotatable bonds is 1. The van der Waals surface area contributed by atoms with Gasteiger partial charge >= 0.3 is 0 Å². The lowest BCUT2D eigenvalue weighted by molar-refractivity contribution is 0.687. The lowest BCUT2D eigenvalue weighted by Gasteiger charge is -1.74. The van der Waals surface area contributed by atoms with E-state index in [4.69, 9.17) is 0 Å². The van der Waals surface area contributed by atoms with E-state index in [1.54, 1.807) is 6.26 Å². The van der Waals surface area contributed by atoms with Crippen molar-refractivity contribution in [3.05, 3.63) is 0 Å². The molecule has 5 heavy (non-hydrogen) atoms. The van der Waals surface area contributed by atoms with Gasteiger partial charge in [0.15, 0.2) is 0 Å². The van der Waals surface area contributed by atoms with Crippen LogP contribution in [-0.4, -0.2) is 16.2 Å². The summed E-state index contributed by atoms with van der Waals surface area (Å²) in [5.41, 5.74) is 0. The van der Waals surface area contributed by atoms with Crippen molar-refractivity contribution >= 4 is 10.8 Å². The first kappa shape index (κ1) is 5.15. The predicted molar refractivity (Wildman–Crippen MR) is 24.6 cm³/mol. The molecule has 0 amide bonds. The molecule has 0 aliphatic heterocycles. The van der Waals surface area contributed by atoms with Crippen molar-refractivity contribution in [3.8, 4) is 0 Å². The highest BCUT2D eigenvalue weighted by Gasteiger charge is 1.73. The third-order valence-electron chi connectivity index (χ3n) is 0.407. The van der Waals surface area contributed by atoms with Gasteiger partial charge in [-0.2, -0.15) is 0 Å². The normalized spacial score (nSPS) is 14.8. The summed E-state index contributed by atoms with van der Waals surface area (Å²) in [5, 5.41) is 0. The molecule has 0 spiro atoms. The Hall–Kier alpha value is 0.150. The van der Waals surface area contributed by atoms with Gasteiger partial charge in [-0.15, -0.1) is 0 Å². The average Bonchev–Trinajstić information content (AvgIpc) is 1.38. The minimum Gasteiger partial charge on any atom is -0.260 e. The fraction of sp³-hybridized carbons (Fsp3) is 1.00. The van der Waals surface area contributed by atoms with Crippen LogP contribution in [-0.2, 0) is 10.8 Å². The van der Waals surface area contributed by atoms with Crippen molar-refractivity contribution < 1.29 is 4.21 Å². The summed E-state index contributed by atoms with van der Waals surface area (Å²) < 4.78 is 9.92. The lowest BCUT2D eigenvalue weighted by Crippen LogP contribution is -1.83. The van der Waals surface area contributed by atoms with Crippen LogP contribution in [0, 0.1) is 0 Å². The molecule has 0 fully saturated rings. The van der Waals surface area contributed by atoms with Crippen molar-refractivity contribution in [2.75, 3.05) is 12.0 Å². The van der Waals surface area contributed by atoms with Crippen LogP contribution in [0.1, 0.15) is 6.92 Å². The number of hydrogen-bond donors (Lipinski definition) is 0. The summed E-state index contributed by atoms with van der Waals surface area (Å²) in [4.78, 5) is 0. The Morgan fingerprint density at radius 1 is 1.80 bits per heavy atom. The van der Waals surface area contributed by atoms with Crippen molar-refractivity contribution in [3.63, 3.8) is 0 Å². The molecular weight excluding hydrogens is 84.1 g/mol. The van der Waals surface area contributed by atoms with Gasteiger partial charge in [-0.1, -0.05) is 6.92 Å². The van der Waals surface area contributed by atoms with Crippen LogP contribution in [0.3, 0.4) is 0 Å². The van der Waals surface area contributed by atoms with E-state index >= 15 is 0 Å². The Bertz CT molecular complexity index is 42.2. The maximum absolute atomic E-state index is 9.92. The highest BCUT2D eigenvalue weighted by atomic mass is 32.2. The standard InChI is InChI=1S/C3H8OS/c1-3-5(2)4/h3H2,1-2H3. The molecule has 0 N–H and O–H groups in total. The molecule has 0 saturated carbocycles. The Morgan fingerprint density at radius 3 is 2.00 bits per heavy atom. The summed E-state index contributed by atoms with van der Waals surface area (Å²) in [5.74, 6) is 0.778. The van der Waals surface area contributed by atoms with E-state index in [1.807, 2.05) is 6.92 Å². The topological polar surface area (TPSA) is 17.1 Å². The van der Waals surface area contributed by atoms with Gasteiger partial charge < -0.3 is 0 Å². The zero-order valence-corrected chi connectivity index (χ0v) is 4.34. The molecule has 0 aromatic carbocycles. The Labute approximate surface area is 34.8 Å². The molecule has 0 rings (SSSR count). The van der Waals surface area contributed by atoms with Crippen LogP contribution in [0.25, 0.3) is 0 Å². The van der Waals surface area contributed by atoms with E-state index in [0.29, 0.717) is 0 Å². The molecule has 0 radical (unpaired) electrons. The SMILES string of the molecule is CCS(C)=O. The van der Waals surface area contributed by atoms with E-state index in [-0.39, 0.29) is 0 Å². The fourth-order valence-corrected chi connectivity index (χ4v) is 0. The van der Waals surface area contributed by atoms with Crippen LogP contribution in [0.2, 0.25) is 0 Å². The zero-order chi connectivity index (χ0) is 4.28. The van der Waals surface area contributed by atoms with Crippen molar-refractivity contribution in [1.82, 2.24) is 0 Å². The van der Waals surface area contributed by atoms with Crippen molar-refractivity contribution in [1.29, 1.82) is 0 Å². The van der Waals surface area contributed by atoms with Crippen molar-refractivity contribution in [2.45, 2.75) is 6.92 Å². The first-order valence-electron chi connectivity index (χ1n) is 1.57. The molecule has 0 aromatic heterocycles. The summed E-state index contributed by atoms with van der Waals surface area (Å²) >= 11 is 0. The largest absolute Gasteiger partial charge is 0.260 e. The monoisotopic (exact) mass is 92.0 g/mol. The third kappa shape index (κ3) is 4.15. The molecule has 1 atom stereocenters. The molecule has 0 aromatic rings.